The highest BCUT2D eigenvalue weighted by Gasteiger charge is 2.21. The molecule has 0 amide bonds. The molecular formula is C11H26N6O. The van der Waals surface area contributed by atoms with Crippen molar-refractivity contribution in [3.63, 3.8) is 0 Å². The molecule has 1 rings (SSSR count). The van der Waals surface area contributed by atoms with Crippen LogP contribution in [0, 0.1) is 0 Å². The molecule has 0 aromatic heterocycles. The molecule has 1 unspecified atom stereocenters. The number of nitrogens with zero attached hydrogens (tertiary/aromatic N) is 3. The van der Waals surface area contributed by atoms with Crippen LogP contribution in [0.4, 0.5) is 0 Å². The summed E-state index contributed by atoms with van der Waals surface area (Å²) in [6, 6.07) is 0.441. The van der Waals surface area contributed by atoms with E-state index < -0.39 is 0 Å². The molecule has 0 aromatic rings. The van der Waals surface area contributed by atoms with Crippen LogP contribution in [0.25, 0.3) is 0 Å². The summed E-state index contributed by atoms with van der Waals surface area (Å²) in [5, 5.41) is 3.09. The van der Waals surface area contributed by atoms with Gasteiger partial charge in [0, 0.05) is 39.3 Å². The van der Waals surface area contributed by atoms with Gasteiger partial charge in [0.15, 0.2) is 0 Å². The van der Waals surface area contributed by atoms with Gasteiger partial charge in [-0.25, -0.2) is 5.84 Å². The minimum atomic E-state index is 0.441. The summed E-state index contributed by atoms with van der Waals surface area (Å²) in [5.41, 5.74) is 2.58. The molecular weight excluding hydrogens is 232 g/mol. The van der Waals surface area contributed by atoms with Crippen molar-refractivity contribution in [2.75, 3.05) is 60.5 Å². The van der Waals surface area contributed by atoms with E-state index in [9.17, 15) is 0 Å². The summed E-state index contributed by atoms with van der Waals surface area (Å²) in [4.78, 5) is 9.14. The van der Waals surface area contributed by atoms with E-state index in [0.717, 1.165) is 26.2 Å². The average Bonchev–Trinajstić information content (AvgIpc) is 2.37. The molecule has 0 spiro atoms. The minimum Gasteiger partial charge on any atom is -0.383 e. The second kappa shape index (κ2) is 8.25. The van der Waals surface area contributed by atoms with Crippen LogP contribution in [0.1, 0.15) is 0 Å². The zero-order valence-corrected chi connectivity index (χ0v) is 11.6. The van der Waals surface area contributed by atoms with Crippen molar-refractivity contribution in [3.8, 4) is 0 Å². The maximum atomic E-state index is 5.42. The predicted octanol–water partition coefficient (Wildman–Crippen LogP) is -1.71. The molecule has 0 aliphatic carbocycles. The SMILES string of the molecule is COCCNC(=NCC1CN(C)CCN1C)NN. The van der Waals surface area contributed by atoms with Crippen molar-refractivity contribution in [1.82, 2.24) is 20.5 Å². The van der Waals surface area contributed by atoms with Gasteiger partial charge in [0.1, 0.15) is 0 Å². The van der Waals surface area contributed by atoms with Gasteiger partial charge in [-0.05, 0) is 14.1 Å². The molecule has 7 nitrogen and oxygen atoms in total. The van der Waals surface area contributed by atoms with Gasteiger partial charge in [0.25, 0.3) is 0 Å². The monoisotopic (exact) mass is 258 g/mol. The Kier molecular flexibility index (Phi) is 6.96. The highest BCUT2D eigenvalue weighted by Crippen LogP contribution is 2.05. The zero-order valence-electron chi connectivity index (χ0n) is 11.6. The van der Waals surface area contributed by atoms with Gasteiger partial charge in [0.2, 0.25) is 5.96 Å². The standard InChI is InChI=1S/C11H26N6O/c1-16-5-6-17(2)10(9-16)8-14-11(15-12)13-4-7-18-3/h10H,4-9,12H2,1-3H3,(H2,13,14,15). The van der Waals surface area contributed by atoms with Gasteiger partial charge in [-0.2, -0.15) is 0 Å². The third kappa shape index (κ3) is 5.18. The molecule has 0 bridgehead atoms. The second-order valence-corrected chi connectivity index (χ2v) is 4.65. The Balaban J connectivity index is 2.38. The molecule has 0 aromatic carbocycles. The van der Waals surface area contributed by atoms with E-state index in [0.29, 0.717) is 25.2 Å². The van der Waals surface area contributed by atoms with Crippen LogP contribution in [-0.2, 0) is 4.74 Å². The zero-order chi connectivity index (χ0) is 13.4. The predicted molar refractivity (Wildman–Crippen MR) is 73.4 cm³/mol. The number of aliphatic imine (C=N–C) groups is 1. The fourth-order valence-electron chi connectivity index (χ4n) is 1.92. The maximum absolute atomic E-state index is 5.42. The van der Waals surface area contributed by atoms with Crippen molar-refractivity contribution in [2.24, 2.45) is 10.8 Å². The Bertz CT molecular complexity index is 260. The van der Waals surface area contributed by atoms with Crippen LogP contribution >= 0.6 is 0 Å². The number of ether oxygens (including phenoxy) is 1. The molecule has 1 atom stereocenters. The topological polar surface area (TPSA) is 78.2 Å². The first-order valence-electron chi connectivity index (χ1n) is 6.30. The lowest BCUT2D eigenvalue weighted by Gasteiger charge is -2.36. The fraction of sp³-hybridized carbons (Fsp3) is 0.909. The summed E-state index contributed by atoms with van der Waals surface area (Å²) in [7, 11) is 5.95. The highest BCUT2D eigenvalue weighted by atomic mass is 16.5. The summed E-state index contributed by atoms with van der Waals surface area (Å²) >= 11 is 0. The Morgan fingerprint density at radius 1 is 1.44 bits per heavy atom. The van der Waals surface area contributed by atoms with Gasteiger partial charge in [-0.1, -0.05) is 0 Å². The number of rotatable bonds is 5. The van der Waals surface area contributed by atoms with Crippen LogP contribution < -0.4 is 16.6 Å². The van der Waals surface area contributed by atoms with Crippen molar-refractivity contribution in [1.29, 1.82) is 0 Å². The molecule has 106 valence electrons. The molecule has 4 N–H and O–H groups in total. The van der Waals surface area contributed by atoms with Crippen LogP contribution in [0.5, 0.6) is 0 Å². The molecule has 1 heterocycles. The first kappa shape index (κ1) is 15.2. The van der Waals surface area contributed by atoms with Gasteiger partial charge in [-0.15, -0.1) is 0 Å². The normalized spacial score (nSPS) is 23.1. The smallest absolute Gasteiger partial charge is 0.205 e. The van der Waals surface area contributed by atoms with Crippen LogP contribution in [0.3, 0.4) is 0 Å². The van der Waals surface area contributed by atoms with E-state index in [1.165, 1.54) is 0 Å². The average molecular weight is 258 g/mol. The summed E-state index contributed by atoms with van der Waals surface area (Å²) in [6.07, 6.45) is 0. The number of likely N-dealkylation sites (N-methyl/N-ethyl adjacent to an activating group) is 2. The number of hydrazine groups is 1. The number of piperazine rings is 1. The third-order valence-corrected chi connectivity index (χ3v) is 3.18. The number of hydrogen-bond donors (Lipinski definition) is 3. The van der Waals surface area contributed by atoms with Crippen molar-refractivity contribution in [3.05, 3.63) is 0 Å². The van der Waals surface area contributed by atoms with Gasteiger partial charge >= 0.3 is 0 Å². The quantitative estimate of drug-likeness (QED) is 0.179. The third-order valence-electron chi connectivity index (χ3n) is 3.18. The van der Waals surface area contributed by atoms with Gasteiger partial charge in [0.05, 0.1) is 13.2 Å². The van der Waals surface area contributed by atoms with Crippen LogP contribution in [0.2, 0.25) is 0 Å². The second-order valence-electron chi connectivity index (χ2n) is 4.65. The summed E-state index contributed by atoms with van der Waals surface area (Å²) in [6.45, 7) is 5.30. The highest BCUT2D eigenvalue weighted by molar-refractivity contribution is 5.79. The fourth-order valence-corrected chi connectivity index (χ4v) is 1.92. The van der Waals surface area contributed by atoms with E-state index in [-0.39, 0.29) is 0 Å². The lowest BCUT2D eigenvalue weighted by Crippen LogP contribution is -2.52. The molecule has 1 aliphatic heterocycles. The largest absolute Gasteiger partial charge is 0.383 e. The van der Waals surface area contributed by atoms with Crippen LogP contribution in [0.15, 0.2) is 4.99 Å². The number of nitrogens with two attached hydrogens (primary N) is 1. The Morgan fingerprint density at radius 2 is 2.22 bits per heavy atom. The Labute approximate surface area is 109 Å². The molecule has 18 heavy (non-hydrogen) atoms. The summed E-state index contributed by atoms with van der Waals surface area (Å²) in [5.74, 6) is 6.04. The van der Waals surface area contributed by atoms with E-state index in [4.69, 9.17) is 10.6 Å². The Morgan fingerprint density at radius 3 is 2.89 bits per heavy atom. The lowest BCUT2D eigenvalue weighted by molar-refractivity contribution is 0.119. The number of hydrogen-bond acceptors (Lipinski definition) is 5. The first-order chi connectivity index (χ1) is 8.67. The van der Waals surface area contributed by atoms with Gasteiger partial charge in [-0.3, -0.25) is 15.3 Å². The molecule has 1 saturated heterocycles. The minimum absolute atomic E-state index is 0.441. The maximum Gasteiger partial charge on any atom is 0.205 e. The lowest BCUT2D eigenvalue weighted by atomic mass is 10.2. The van der Waals surface area contributed by atoms with E-state index >= 15 is 0 Å². The molecule has 1 aliphatic rings. The van der Waals surface area contributed by atoms with E-state index in [2.05, 4.69) is 39.6 Å². The van der Waals surface area contributed by atoms with E-state index in [1.54, 1.807) is 7.11 Å². The van der Waals surface area contributed by atoms with Crippen molar-refractivity contribution >= 4 is 5.96 Å². The molecule has 1 fully saturated rings. The van der Waals surface area contributed by atoms with E-state index in [1.807, 2.05) is 0 Å². The van der Waals surface area contributed by atoms with Crippen molar-refractivity contribution in [2.45, 2.75) is 6.04 Å². The van der Waals surface area contributed by atoms with Gasteiger partial charge < -0.3 is 15.0 Å². The van der Waals surface area contributed by atoms with Crippen LogP contribution in [-0.4, -0.2) is 82.3 Å². The first-order valence-corrected chi connectivity index (χ1v) is 6.30. The number of methoxy groups -OCH3 is 1. The molecule has 0 radical (unpaired) electrons. The molecule has 0 saturated carbocycles. The summed E-state index contributed by atoms with van der Waals surface area (Å²) < 4.78 is 4.96. The Hall–Kier alpha value is -0.890. The molecule has 7 heteroatoms. The van der Waals surface area contributed by atoms with Crippen molar-refractivity contribution < 1.29 is 4.74 Å². The number of guanidine groups is 1. The number of nitrogens with one attached hydrogen (secondary N) is 2.